The van der Waals surface area contributed by atoms with Crippen molar-refractivity contribution in [3.05, 3.63) is 35.9 Å². The molecule has 0 radical (unpaired) electrons. The summed E-state index contributed by atoms with van der Waals surface area (Å²) in [6.07, 6.45) is 0.962. The Balaban J connectivity index is 1.33. The van der Waals surface area contributed by atoms with E-state index in [2.05, 4.69) is 51.7 Å². The van der Waals surface area contributed by atoms with Crippen LogP contribution in [-0.4, -0.2) is 66.4 Å². The molecule has 2 unspecified atom stereocenters. The van der Waals surface area contributed by atoms with Crippen LogP contribution in [-0.2, 0) is 6.42 Å². The maximum absolute atomic E-state index is 5.41. The topological polar surface area (TPSA) is 42.9 Å². The molecule has 0 amide bonds. The molecule has 4 bridgehead atoms. The Morgan fingerprint density at radius 1 is 1.20 bits per heavy atom. The van der Waals surface area contributed by atoms with Gasteiger partial charge in [0.2, 0.25) is 0 Å². The predicted octanol–water partition coefficient (Wildman–Crippen LogP) is 1.32. The van der Waals surface area contributed by atoms with E-state index in [1.54, 1.807) is 0 Å². The van der Waals surface area contributed by atoms with Crippen LogP contribution in [0.2, 0.25) is 0 Å². The lowest BCUT2D eigenvalue weighted by molar-refractivity contribution is 0.130. The quantitative estimate of drug-likeness (QED) is 0.628. The lowest BCUT2D eigenvalue weighted by Gasteiger charge is -2.48. The van der Waals surface area contributed by atoms with E-state index in [0.717, 1.165) is 39.1 Å². The van der Waals surface area contributed by atoms with Gasteiger partial charge in [0.05, 0.1) is 5.71 Å². The molecular weight excluding hydrogens is 330 g/mol. The van der Waals surface area contributed by atoms with Gasteiger partial charge in [-0.3, -0.25) is 5.43 Å². The highest BCUT2D eigenvalue weighted by Gasteiger charge is 2.49. The Kier molecular flexibility index (Phi) is 4.75. The number of fused-ring (bicyclic) bond motifs is 1. The minimum atomic E-state index is 0.157. The van der Waals surface area contributed by atoms with Crippen LogP contribution in [0.4, 0.5) is 0 Å². The van der Waals surface area contributed by atoms with E-state index in [-0.39, 0.29) is 5.41 Å². The van der Waals surface area contributed by atoms with Gasteiger partial charge in [-0.15, -0.1) is 0 Å². The minimum Gasteiger partial charge on any atom is -0.361 e. The van der Waals surface area contributed by atoms with E-state index < -0.39 is 0 Å². The van der Waals surface area contributed by atoms with Crippen molar-refractivity contribution in [2.24, 2.45) is 16.4 Å². The molecule has 2 atom stereocenters. The summed E-state index contributed by atoms with van der Waals surface area (Å²) in [6.45, 7) is 10.1. The fourth-order valence-corrected chi connectivity index (χ4v) is 4.79. The van der Waals surface area contributed by atoms with Crippen LogP contribution in [0, 0.1) is 11.3 Å². The van der Waals surface area contributed by atoms with Gasteiger partial charge in [0.25, 0.3) is 0 Å². The first-order chi connectivity index (χ1) is 12.1. The van der Waals surface area contributed by atoms with E-state index >= 15 is 0 Å². The molecule has 0 spiro atoms. The Labute approximate surface area is 155 Å². The second-order valence-corrected chi connectivity index (χ2v) is 8.24. The fraction of sp³-hybridized carbons (Fsp3) is 0.579. The van der Waals surface area contributed by atoms with Crippen molar-refractivity contribution in [2.45, 2.75) is 13.3 Å². The van der Waals surface area contributed by atoms with Gasteiger partial charge in [0.1, 0.15) is 0 Å². The molecule has 4 aliphatic heterocycles. The molecular formula is C19H27N5S. The van der Waals surface area contributed by atoms with Gasteiger partial charge in [0, 0.05) is 57.1 Å². The van der Waals surface area contributed by atoms with Gasteiger partial charge < -0.3 is 15.1 Å². The molecule has 134 valence electrons. The highest BCUT2D eigenvalue weighted by atomic mass is 32.1. The third-order valence-electron chi connectivity index (χ3n) is 5.66. The van der Waals surface area contributed by atoms with Crippen molar-refractivity contribution >= 4 is 23.0 Å². The molecule has 0 aromatic heterocycles. The first-order valence-electron chi connectivity index (χ1n) is 9.23. The SMILES string of the molecule is CC12CN3CCN(CC(C3)/C1=N/NC(=S)NCCc1ccccc1)C2. The monoisotopic (exact) mass is 357 g/mol. The molecule has 5 rings (SSSR count). The Morgan fingerprint density at radius 2 is 1.88 bits per heavy atom. The zero-order valence-corrected chi connectivity index (χ0v) is 15.7. The van der Waals surface area contributed by atoms with E-state index in [9.17, 15) is 0 Å². The normalized spacial score (nSPS) is 34.8. The van der Waals surface area contributed by atoms with Gasteiger partial charge in [0.15, 0.2) is 5.11 Å². The van der Waals surface area contributed by atoms with E-state index in [1.807, 2.05) is 6.07 Å². The second-order valence-electron chi connectivity index (χ2n) is 7.83. The van der Waals surface area contributed by atoms with Crippen LogP contribution in [0.15, 0.2) is 35.4 Å². The molecule has 25 heavy (non-hydrogen) atoms. The summed E-state index contributed by atoms with van der Waals surface area (Å²) >= 11 is 5.41. The van der Waals surface area contributed by atoms with Gasteiger partial charge >= 0.3 is 0 Å². The zero-order chi connectivity index (χ0) is 17.3. The van der Waals surface area contributed by atoms with Gasteiger partial charge in [-0.25, -0.2) is 0 Å². The standard InChI is InChI=1S/C19H27N5S/c1-19-13-23-9-10-24(14-19)12-16(11-23)17(19)21-22-18(25)20-8-7-15-5-3-2-4-6-15/h2-6,16H,7-14H2,1H3,(H2,20,22,25)/b21-17-. The predicted molar refractivity (Wildman–Crippen MR) is 106 cm³/mol. The summed E-state index contributed by atoms with van der Waals surface area (Å²) in [5, 5.41) is 8.67. The third-order valence-corrected chi connectivity index (χ3v) is 5.90. The Bertz CT molecular complexity index is 643. The lowest BCUT2D eigenvalue weighted by atomic mass is 9.72. The Hall–Kier alpha value is -1.50. The molecule has 4 aliphatic rings. The number of hydrogen-bond acceptors (Lipinski definition) is 4. The first kappa shape index (κ1) is 16.9. The second kappa shape index (κ2) is 7.02. The number of hydrazone groups is 1. The van der Waals surface area contributed by atoms with Crippen LogP contribution in [0.5, 0.6) is 0 Å². The summed E-state index contributed by atoms with van der Waals surface area (Å²) in [5.41, 5.74) is 5.90. The maximum Gasteiger partial charge on any atom is 0.186 e. The summed E-state index contributed by atoms with van der Waals surface area (Å²) in [6, 6.07) is 10.5. The summed E-state index contributed by atoms with van der Waals surface area (Å²) in [4.78, 5) is 5.21. The van der Waals surface area contributed by atoms with Gasteiger partial charge in [-0.1, -0.05) is 37.3 Å². The van der Waals surface area contributed by atoms with Gasteiger partial charge in [-0.2, -0.15) is 5.10 Å². The van der Waals surface area contributed by atoms with Gasteiger partial charge in [-0.05, 0) is 24.2 Å². The van der Waals surface area contributed by atoms with Crippen molar-refractivity contribution in [3.63, 3.8) is 0 Å². The largest absolute Gasteiger partial charge is 0.361 e. The number of benzene rings is 1. The number of rotatable bonds is 4. The molecule has 4 saturated heterocycles. The van der Waals surface area contributed by atoms with Crippen molar-refractivity contribution in [3.8, 4) is 0 Å². The maximum atomic E-state index is 5.41. The van der Waals surface area contributed by atoms with Crippen molar-refractivity contribution in [1.82, 2.24) is 20.5 Å². The average Bonchev–Trinajstić information content (AvgIpc) is 2.82. The van der Waals surface area contributed by atoms with E-state index in [4.69, 9.17) is 17.3 Å². The molecule has 6 heteroatoms. The molecule has 1 aromatic rings. The summed E-state index contributed by atoms with van der Waals surface area (Å²) in [7, 11) is 0. The molecule has 1 aromatic carbocycles. The molecule has 2 N–H and O–H groups in total. The number of piperidine rings is 2. The highest BCUT2D eigenvalue weighted by Crippen LogP contribution is 2.37. The molecule has 4 heterocycles. The smallest absolute Gasteiger partial charge is 0.186 e. The number of hydrogen-bond donors (Lipinski definition) is 2. The minimum absolute atomic E-state index is 0.157. The third kappa shape index (κ3) is 3.71. The van der Waals surface area contributed by atoms with E-state index in [0.29, 0.717) is 11.0 Å². The molecule has 4 fully saturated rings. The molecule has 0 aliphatic carbocycles. The highest BCUT2D eigenvalue weighted by molar-refractivity contribution is 7.80. The van der Waals surface area contributed by atoms with Crippen molar-refractivity contribution in [1.29, 1.82) is 0 Å². The van der Waals surface area contributed by atoms with Crippen molar-refractivity contribution < 1.29 is 0 Å². The van der Waals surface area contributed by atoms with Crippen LogP contribution in [0.25, 0.3) is 0 Å². The number of nitrogens with one attached hydrogen (secondary N) is 2. The lowest BCUT2D eigenvalue weighted by Crippen LogP contribution is -2.60. The molecule has 5 nitrogen and oxygen atoms in total. The van der Waals surface area contributed by atoms with E-state index in [1.165, 1.54) is 24.4 Å². The van der Waals surface area contributed by atoms with Crippen LogP contribution < -0.4 is 10.7 Å². The number of thiocarbonyl (C=S) groups is 1. The number of nitrogens with zero attached hydrogens (tertiary/aromatic N) is 3. The van der Waals surface area contributed by atoms with Crippen LogP contribution in [0.1, 0.15) is 12.5 Å². The van der Waals surface area contributed by atoms with Crippen LogP contribution in [0.3, 0.4) is 0 Å². The fourth-order valence-electron chi connectivity index (χ4n) is 4.64. The summed E-state index contributed by atoms with van der Waals surface area (Å²) < 4.78 is 0. The first-order valence-corrected chi connectivity index (χ1v) is 9.64. The summed E-state index contributed by atoms with van der Waals surface area (Å²) in [5.74, 6) is 0.537. The average molecular weight is 358 g/mol. The zero-order valence-electron chi connectivity index (χ0n) is 14.9. The molecule has 0 saturated carbocycles. The Morgan fingerprint density at radius 3 is 2.52 bits per heavy atom. The van der Waals surface area contributed by atoms with Crippen molar-refractivity contribution in [2.75, 3.05) is 45.8 Å². The van der Waals surface area contributed by atoms with Crippen LogP contribution >= 0.6 is 12.2 Å².